The lowest BCUT2D eigenvalue weighted by Crippen LogP contribution is -2.12. The van der Waals surface area contributed by atoms with Gasteiger partial charge >= 0.3 is 0 Å². The molecule has 0 aliphatic carbocycles. The van der Waals surface area contributed by atoms with Crippen LogP contribution in [-0.2, 0) is 0 Å². The molecule has 3 aromatic heterocycles. The van der Waals surface area contributed by atoms with Crippen molar-refractivity contribution < 1.29 is 8.83 Å². The third-order valence-electron chi connectivity index (χ3n) is 14.6. The van der Waals surface area contributed by atoms with Crippen LogP contribution in [0.5, 0.6) is 0 Å². The molecular weight excluding hydrogens is 909 g/mol. The fourth-order valence-corrected chi connectivity index (χ4v) is 12.7. The number of anilines is 6. The molecule has 342 valence electrons. The zero-order valence-corrected chi connectivity index (χ0v) is 40.2. The highest BCUT2D eigenvalue weighted by molar-refractivity contribution is 7.26. The second-order valence-electron chi connectivity index (χ2n) is 18.7. The van der Waals surface area contributed by atoms with Gasteiger partial charge in [-0.2, -0.15) is 0 Å². The third-order valence-corrected chi connectivity index (χ3v) is 15.7. The number of benzene rings is 12. The molecule has 0 aliphatic heterocycles. The lowest BCUT2D eigenvalue weighted by Gasteiger charge is -2.29. The maximum atomic E-state index is 6.89. The van der Waals surface area contributed by atoms with E-state index in [0.29, 0.717) is 0 Å². The maximum Gasteiger partial charge on any atom is 0.159 e. The first-order valence-electron chi connectivity index (χ1n) is 24.7. The molecule has 5 heteroatoms. The molecule has 0 saturated heterocycles. The summed E-state index contributed by atoms with van der Waals surface area (Å²) in [6, 6.07) is 91.6. The van der Waals surface area contributed by atoms with Crippen molar-refractivity contribution in [1.82, 2.24) is 0 Å². The van der Waals surface area contributed by atoms with Gasteiger partial charge in [-0.25, -0.2) is 0 Å². The Morgan fingerprint density at radius 1 is 0.260 bits per heavy atom. The second kappa shape index (κ2) is 16.6. The van der Waals surface area contributed by atoms with E-state index < -0.39 is 0 Å². The van der Waals surface area contributed by atoms with Crippen LogP contribution in [0.3, 0.4) is 0 Å². The van der Waals surface area contributed by atoms with Gasteiger partial charge in [0.15, 0.2) is 11.2 Å². The van der Waals surface area contributed by atoms with Crippen molar-refractivity contribution in [2.45, 2.75) is 0 Å². The Morgan fingerprint density at radius 3 is 1.05 bits per heavy atom. The van der Waals surface area contributed by atoms with E-state index in [1.165, 1.54) is 30.9 Å². The minimum absolute atomic E-state index is 0.845. The lowest BCUT2D eigenvalue weighted by atomic mass is 9.95. The quantitative estimate of drug-likeness (QED) is 0.152. The first-order chi connectivity index (χ1) is 36.2. The van der Waals surface area contributed by atoms with Crippen LogP contribution >= 0.6 is 11.3 Å². The molecule has 0 amide bonds. The van der Waals surface area contributed by atoms with E-state index in [9.17, 15) is 0 Å². The number of hydrogen-bond acceptors (Lipinski definition) is 5. The Kier molecular flexibility index (Phi) is 9.41. The molecule has 4 nitrogen and oxygen atoms in total. The van der Waals surface area contributed by atoms with Gasteiger partial charge in [-0.05, 0) is 70.4 Å². The SMILES string of the molecule is c1ccc(-c2ccccc2N(c2cc3sc4cc(N(c5ccccc5-c5ccccc5)c5cccc6c5oc5ccccc56)c5ccccc5c4c3c3ccccc23)c2cccc3c2oc2ccccc23)cc1. The van der Waals surface area contributed by atoms with E-state index in [4.69, 9.17) is 8.83 Å². The molecule has 0 atom stereocenters. The predicted octanol–water partition coefficient (Wildman–Crippen LogP) is 20.4. The molecule has 0 spiro atoms. The smallest absolute Gasteiger partial charge is 0.159 e. The average Bonchev–Trinajstić information content (AvgIpc) is 4.16. The lowest BCUT2D eigenvalue weighted by molar-refractivity contribution is 0.669. The van der Waals surface area contributed by atoms with E-state index in [1.807, 2.05) is 23.5 Å². The van der Waals surface area contributed by atoms with Crippen molar-refractivity contribution in [2.24, 2.45) is 0 Å². The predicted molar refractivity (Wildman–Crippen MR) is 309 cm³/mol. The fourth-order valence-electron chi connectivity index (χ4n) is 11.5. The topological polar surface area (TPSA) is 32.8 Å². The Bertz CT molecular complexity index is 4350. The zero-order chi connectivity index (χ0) is 48.0. The van der Waals surface area contributed by atoms with Crippen LogP contribution in [0.4, 0.5) is 34.1 Å². The van der Waals surface area contributed by atoms with Crippen LogP contribution in [-0.4, -0.2) is 0 Å². The van der Waals surface area contributed by atoms with Crippen molar-refractivity contribution in [3.63, 3.8) is 0 Å². The zero-order valence-electron chi connectivity index (χ0n) is 39.4. The Morgan fingerprint density at radius 2 is 0.603 bits per heavy atom. The highest BCUT2D eigenvalue weighted by Gasteiger charge is 2.28. The summed E-state index contributed by atoms with van der Waals surface area (Å²) in [5.74, 6) is 0. The highest BCUT2D eigenvalue weighted by Crippen LogP contribution is 2.54. The summed E-state index contributed by atoms with van der Waals surface area (Å²) < 4.78 is 16.2. The standard InChI is InChI=1S/C68H42N2O2S/c1-3-21-43(22-4-1)45-25-11-15-35-55(45)69(57-37-19-33-53-49-29-13-17-39-61(49)71-67(53)57)59-41-63-65(51-31-9-7-27-47(51)59)66-52-32-10-8-28-48(52)60(42-64(66)73-63)70(56-36-16-12-26-46(56)44-23-5-2-6-24-44)58-38-20-34-54-50-30-14-18-40-62(50)72-68(54)58/h1-42H. The van der Waals surface area contributed by atoms with E-state index in [0.717, 1.165) is 111 Å². The van der Waals surface area contributed by atoms with E-state index >= 15 is 0 Å². The van der Waals surface area contributed by atoms with Gasteiger partial charge in [0.1, 0.15) is 11.2 Å². The molecule has 73 heavy (non-hydrogen) atoms. The number of nitrogens with zero attached hydrogens (tertiary/aromatic N) is 2. The molecule has 0 bridgehead atoms. The summed E-state index contributed by atoms with van der Waals surface area (Å²) in [7, 11) is 0. The van der Waals surface area contributed by atoms with Crippen LogP contribution in [0.1, 0.15) is 0 Å². The van der Waals surface area contributed by atoms with Crippen molar-refractivity contribution in [3.8, 4) is 22.3 Å². The molecule has 0 fully saturated rings. The van der Waals surface area contributed by atoms with Gasteiger partial charge in [0.05, 0.1) is 34.1 Å². The van der Waals surface area contributed by atoms with Crippen LogP contribution in [0.25, 0.3) is 108 Å². The Labute approximate surface area is 424 Å². The number of furan rings is 2. The summed E-state index contributed by atoms with van der Waals surface area (Å²) in [4.78, 5) is 4.89. The molecule has 15 rings (SSSR count). The molecule has 0 saturated carbocycles. The highest BCUT2D eigenvalue weighted by atomic mass is 32.1. The minimum atomic E-state index is 0.845. The summed E-state index contributed by atoms with van der Waals surface area (Å²) in [6.07, 6.45) is 0. The van der Waals surface area contributed by atoms with Crippen LogP contribution in [0.15, 0.2) is 264 Å². The van der Waals surface area contributed by atoms with Gasteiger partial charge < -0.3 is 18.6 Å². The summed E-state index contributed by atoms with van der Waals surface area (Å²) in [5.41, 5.74) is 14.2. The molecule has 12 aromatic carbocycles. The molecule has 0 aliphatic rings. The van der Waals surface area contributed by atoms with Gasteiger partial charge in [-0.1, -0.05) is 206 Å². The van der Waals surface area contributed by atoms with Crippen LogP contribution in [0, 0.1) is 0 Å². The summed E-state index contributed by atoms with van der Waals surface area (Å²) in [5, 5.41) is 11.5. The van der Waals surface area contributed by atoms with Crippen molar-refractivity contribution in [3.05, 3.63) is 255 Å². The Hall–Kier alpha value is -9.42. The molecule has 15 aromatic rings. The van der Waals surface area contributed by atoms with Gasteiger partial charge in [0.2, 0.25) is 0 Å². The van der Waals surface area contributed by atoms with Gasteiger partial charge in [0.25, 0.3) is 0 Å². The van der Waals surface area contributed by atoms with Crippen molar-refractivity contribution in [1.29, 1.82) is 0 Å². The molecular formula is C68H42N2O2S. The minimum Gasteiger partial charge on any atom is -0.454 e. The summed E-state index contributed by atoms with van der Waals surface area (Å²) >= 11 is 1.85. The van der Waals surface area contributed by atoms with Crippen molar-refractivity contribution in [2.75, 3.05) is 9.80 Å². The number of rotatable bonds is 8. The number of hydrogen-bond donors (Lipinski definition) is 0. The first kappa shape index (κ1) is 41.4. The first-order valence-corrected chi connectivity index (χ1v) is 25.6. The second-order valence-corrected chi connectivity index (χ2v) is 19.8. The van der Waals surface area contributed by atoms with Gasteiger partial charge in [0, 0.05) is 63.6 Å². The number of fused-ring (bicyclic) bond motifs is 13. The molecule has 0 N–H and O–H groups in total. The van der Waals surface area contributed by atoms with Crippen LogP contribution < -0.4 is 9.80 Å². The monoisotopic (exact) mass is 950 g/mol. The third kappa shape index (κ3) is 6.46. The normalized spacial score (nSPS) is 11.8. The van der Waals surface area contributed by atoms with Crippen molar-refractivity contribution >= 4 is 131 Å². The largest absolute Gasteiger partial charge is 0.454 e. The maximum absolute atomic E-state index is 6.89. The summed E-state index contributed by atoms with van der Waals surface area (Å²) in [6.45, 7) is 0. The average molecular weight is 951 g/mol. The molecule has 0 unspecified atom stereocenters. The number of thiophene rings is 1. The molecule has 0 radical (unpaired) electrons. The Balaban J connectivity index is 1.04. The number of para-hydroxylation sites is 6. The van der Waals surface area contributed by atoms with E-state index in [-0.39, 0.29) is 0 Å². The van der Waals surface area contributed by atoms with Gasteiger partial charge in [-0.15, -0.1) is 11.3 Å². The fraction of sp³-hybridized carbons (Fsp3) is 0. The van der Waals surface area contributed by atoms with E-state index in [1.54, 1.807) is 0 Å². The van der Waals surface area contributed by atoms with Crippen LogP contribution in [0.2, 0.25) is 0 Å². The van der Waals surface area contributed by atoms with E-state index in [2.05, 4.69) is 252 Å². The van der Waals surface area contributed by atoms with Gasteiger partial charge in [-0.3, -0.25) is 0 Å². The molecule has 3 heterocycles.